The first kappa shape index (κ1) is 18.6. The summed E-state index contributed by atoms with van der Waals surface area (Å²) in [5.41, 5.74) is 1.45. The highest BCUT2D eigenvalue weighted by atomic mass is 19.1. The van der Waals surface area contributed by atoms with Gasteiger partial charge in [-0.1, -0.05) is 36.4 Å². The van der Waals surface area contributed by atoms with Crippen LogP contribution in [0.1, 0.15) is 21.7 Å². The second kappa shape index (κ2) is 7.67. The number of benzene rings is 3. The number of aromatic nitrogens is 2. The Morgan fingerprint density at radius 1 is 0.897 bits per heavy atom. The van der Waals surface area contributed by atoms with Crippen molar-refractivity contribution in [1.82, 2.24) is 9.55 Å². The van der Waals surface area contributed by atoms with Gasteiger partial charge in [-0.3, -0.25) is 0 Å². The Morgan fingerprint density at radius 3 is 2.14 bits per heavy atom. The molecule has 1 heterocycles. The minimum Gasteiger partial charge on any atom is -0.422 e. The van der Waals surface area contributed by atoms with Crippen molar-refractivity contribution in [3.05, 3.63) is 101 Å². The van der Waals surface area contributed by atoms with Crippen LogP contribution in [0.15, 0.2) is 72.8 Å². The standard InChI is InChI=1S/C23H16F2N2O2/c1-27-20-13-7-6-12-19(20)26-22(27)14-21(15-8-2-4-10-17(15)24)29-23(28)16-9-3-5-11-18(16)25/h2-14H,1H3. The lowest BCUT2D eigenvalue weighted by molar-refractivity contribution is 0.0688. The third kappa shape index (κ3) is 3.65. The van der Waals surface area contributed by atoms with E-state index in [2.05, 4.69) is 4.98 Å². The second-order valence-electron chi connectivity index (χ2n) is 6.38. The maximum Gasteiger partial charge on any atom is 0.346 e. The number of para-hydroxylation sites is 2. The maximum atomic E-state index is 14.4. The fourth-order valence-corrected chi connectivity index (χ4v) is 3.02. The minimum absolute atomic E-state index is 0.0604. The molecule has 6 heteroatoms. The Kier molecular flexibility index (Phi) is 4.91. The van der Waals surface area contributed by atoms with Crippen LogP contribution >= 0.6 is 0 Å². The van der Waals surface area contributed by atoms with Gasteiger partial charge in [0.05, 0.1) is 22.2 Å². The molecule has 0 atom stereocenters. The van der Waals surface area contributed by atoms with Crippen molar-refractivity contribution < 1.29 is 18.3 Å². The Balaban J connectivity index is 1.81. The third-order valence-corrected chi connectivity index (χ3v) is 4.52. The molecule has 0 aliphatic heterocycles. The zero-order chi connectivity index (χ0) is 20.4. The van der Waals surface area contributed by atoms with Crippen molar-refractivity contribution >= 4 is 28.8 Å². The van der Waals surface area contributed by atoms with E-state index in [1.807, 2.05) is 24.3 Å². The van der Waals surface area contributed by atoms with Gasteiger partial charge in [-0.05, 0) is 36.4 Å². The van der Waals surface area contributed by atoms with E-state index in [-0.39, 0.29) is 16.9 Å². The van der Waals surface area contributed by atoms with E-state index in [4.69, 9.17) is 4.74 Å². The molecule has 0 radical (unpaired) electrons. The zero-order valence-electron chi connectivity index (χ0n) is 15.5. The van der Waals surface area contributed by atoms with E-state index in [1.54, 1.807) is 17.7 Å². The summed E-state index contributed by atoms with van der Waals surface area (Å²) < 4.78 is 35.7. The smallest absolute Gasteiger partial charge is 0.346 e. The summed E-state index contributed by atoms with van der Waals surface area (Å²) in [7, 11) is 1.80. The molecular formula is C23H16F2N2O2. The molecule has 0 spiro atoms. The molecule has 1 aromatic heterocycles. The highest BCUT2D eigenvalue weighted by molar-refractivity contribution is 5.95. The van der Waals surface area contributed by atoms with Crippen LogP contribution < -0.4 is 0 Å². The molecule has 0 unspecified atom stereocenters. The van der Waals surface area contributed by atoms with Crippen LogP contribution in [0.3, 0.4) is 0 Å². The Hall–Kier alpha value is -3.80. The Morgan fingerprint density at radius 2 is 1.48 bits per heavy atom. The van der Waals surface area contributed by atoms with Gasteiger partial charge in [0.25, 0.3) is 0 Å². The number of carbonyl (C=O) groups excluding carboxylic acids is 1. The van der Waals surface area contributed by atoms with Gasteiger partial charge in [-0.2, -0.15) is 0 Å². The molecule has 0 saturated heterocycles. The van der Waals surface area contributed by atoms with Crippen molar-refractivity contribution in [1.29, 1.82) is 0 Å². The normalized spacial score (nSPS) is 11.6. The average molecular weight is 390 g/mol. The quantitative estimate of drug-likeness (QED) is 0.355. The van der Waals surface area contributed by atoms with E-state index < -0.39 is 17.6 Å². The van der Waals surface area contributed by atoms with Crippen molar-refractivity contribution in [2.24, 2.45) is 7.05 Å². The molecule has 0 bridgehead atoms. The fraction of sp³-hybridized carbons (Fsp3) is 0.0435. The summed E-state index contributed by atoms with van der Waals surface area (Å²) >= 11 is 0. The summed E-state index contributed by atoms with van der Waals surface area (Å²) in [6.07, 6.45) is 1.47. The number of imidazole rings is 1. The number of hydrogen-bond donors (Lipinski definition) is 0. The summed E-state index contributed by atoms with van der Waals surface area (Å²) in [6.45, 7) is 0. The van der Waals surface area contributed by atoms with E-state index in [0.29, 0.717) is 5.82 Å². The summed E-state index contributed by atoms with van der Waals surface area (Å²) in [5.74, 6) is -1.80. The molecule has 0 fully saturated rings. The van der Waals surface area contributed by atoms with Crippen LogP contribution in [0.2, 0.25) is 0 Å². The number of esters is 1. The van der Waals surface area contributed by atoms with Crippen molar-refractivity contribution in [2.45, 2.75) is 0 Å². The molecule has 0 amide bonds. The zero-order valence-corrected chi connectivity index (χ0v) is 15.5. The highest BCUT2D eigenvalue weighted by Gasteiger charge is 2.19. The van der Waals surface area contributed by atoms with Gasteiger partial charge in [0.15, 0.2) is 0 Å². The van der Waals surface area contributed by atoms with Gasteiger partial charge in [-0.15, -0.1) is 0 Å². The molecular weight excluding hydrogens is 374 g/mol. The van der Waals surface area contributed by atoms with Gasteiger partial charge in [0.1, 0.15) is 23.2 Å². The number of halogens is 2. The van der Waals surface area contributed by atoms with Crippen LogP contribution in [0, 0.1) is 11.6 Å². The number of rotatable bonds is 4. The summed E-state index contributed by atoms with van der Waals surface area (Å²) in [6, 6.07) is 18.9. The molecule has 144 valence electrons. The number of fused-ring (bicyclic) bond motifs is 1. The maximum absolute atomic E-state index is 14.4. The van der Waals surface area contributed by atoms with Gasteiger partial charge >= 0.3 is 5.97 Å². The molecule has 3 aromatic carbocycles. The first-order valence-electron chi connectivity index (χ1n) is 8.89. The number of hydrogen-bond acceptors (Lipinski definition) is 3. The minimum atomic E-state index is -0.920. The SMILES string of the molecule is Cn1c(C=C(OC(=O)c2ccccc2F)c2ccccc2F)nc2ccccc21. The molecule has 4 nitrogen and oxygen atoms in total. The predicted octanol–water partition coefficient (Wildman–Crippen LogP) is 5.21. The third-order valence-electron chi connectivity index (χ3n) is 4.52. The largest absolute Gasteiger partial charge is 0.422 e. The van der Waals surface area contributed by atoms with Gasteiger partial charge in [-0.25, -0.2) is 18.6 Å². The van der Waals surface area contributed by atoms with Crippen LogP contribution in [-0.4, -0.2) is 15.5 Å². The van der Waals surface area contributed by atoms with Crippen LogP contribution in [0.4, 0.5) is 8.78 Å². The van der Waals surface area contributed by atoms with E-state index in [0.717, 1.165) is 17.1 Å². The molecule has 0 aliphatic carbocycles. The molecule has 4 aromatic rings. The van der Waals surface area contributed by atoms with Gasteiger partial charge in [0, 0.05) is 13.1 Å². The Labute approximate surface area is 165 Å². The predicted molar refractivity (Wildman–Crippen MR) is 107 cm³/mol. The van der Waals surface area contributed by atoms with Crippen molar-refractivity contribution in [2.75, 3.05) is 0 Å². The highest BCUT2D eigenvalue weighted by Crippen LogP contribution is 2.25. The number of aryl methyl sites for hydroxylation is 1. The van der Waals surface area contributed by atoms with Crippen LogP contribution in [0.25, 0.3) is 22.9 Å². The van der Waals surface area contributed by atoms with E-state index >= 15 is 0 Å². The Bertz CT molecular complexity index is 1240. The number of nitrogens with zero attached hydrogens (tertiary/aromatic N) is 2. The lowest BCUT2D eigenvalue weighted by Gasteiger charge is -2.11. The first-order chi connectivity index (χ1) is 14.0. The first-order valence-corrected chi connectivity index (χ1v) is 8.89. The lowest BCUT2D eigenvalue weighted by Crippen LogP contribution is -2.08. The summed E-state index contributed by atoms with van der Waals surface area (Å²) in [5, 5.41) is 0. The van der Waals surface area contributed by atoms with Gasteiger partial charge in [0.2, 0.25) is 0 Å². The topological polar surface area (TPSA) is 44.1 Å². The molecule has 0 aliphatic rings. The van der Waals surface area contributed by atoms with E-state index in [9.17, 15) is 13.6 Å². The van der Waals surface area contributed by atoms with Gasteiger partial charge < -0.3 is 9.30 Å². The van der Waals surface area contributed by atoms with E-state index in [1.165, 1.54) is 42.5 Å². The average Bonchev–Trinajstić information content (AvgIpc) is 3.04. The second-order valence-corrected chi connectivity index (χ2v) is 6.38. The number of ether oxygens (including phenoxy) is 1. The van der Waals surface area contributed by atoms with Crippen molar-refractivity contribution in [3.63, 3.8) is 0 Å². The van der Waals surface area contributed by atoms with Crippen LogP contribution in [0.5, 0.6) is 0 Å². The fourth-order valence-electron chi connectivity index (χ4n) is 3.02. The molecule has 0 N–H and O–H groups in total. The number of carbonyl (C=O) groups is 1. The molecule has 4 rings (SSSR count). The molecule has 29 heavy (non-hydrogen) atoms. The summed E-state index contributed by atoms with van der Waals surface area (Å²) in [4.78, 5) is 17.1. The lowest BCUT2D eigenvalue weighted by atomic mass is 10.1. The van der Waals surface area contributed by atoms with Crippen molar-refractivity contribution in [3.8, 4) is 0 Å². The molecule has 0 saturated carbocycles. The monoisotopic (exact) mass is 390 g/mol. The van der Waals surface area contributed by atoms with Crippen LogP contribution in [-0.2, 0) is 11.8 Å².